The predicted octanol–water partition coefficient (Wildman–Crippen LogP) is 4.20. The summed E-state index contributed by atoms with van der Waals surface area (Å²) in [6.45, 7) is 0. The van der Waals surface area contributed by atoms with E-state index in [2.05, 4.69) is 0 Å². The summed E-state index contributed by atoms with van der Waals surface area (Å²) < 4.78 is 0. The molecule has 2 fully saturated rings. The minimum absolute atomic E-state index is 0.381. The molecule has 1 nitrogen and oxygen atoms in total. The molecule has 0 saturated heterocycles. The van der Waals surface area contributed by atoms with Gasteiger partial charge < -0.3 is 5.11 Å². The van der Waals surface area contributed by atoms with Gasteiger partial charge in [0.2, 0.25) is 0 Å². The molecular formula is C15H19ClO. The molecular weight excluding hydrogens is 232 g/mol. The molecule has 4 atom stereocenters. The van der Waals surface area contributed by atoms with Gasteiger partial charge in [-0.1, -0.05) is 36.2 Å². The maximum absolute atomic E-state index is 10.3. The lowest BCUT2D eigenvalue weighted by Crippen LogP contribution is -2.14. The number of halogens is 1. The fraction of sp³-hybridized carbons (Fsp3) is 0.600. The third kappa shape index (κ3) is 2.23. The normalized spacial score (nSPS) is 32.9. The molecule has 1 aromatic carbocycles. The second-order valence-corrected chi connectivity index (χ2v) is 6.12. The van der Waals surface area contributed by atoms with Crippen LogP contribution in [0.4, 0.5) is 0 Å². The second kappa shape index (κ2) is 4.62. The van der Waals surface area contributed by atoms with Gasteiger partial charge in [0.1, 0.15) is 0 Å². The van der Waals surface area contributed by atoms with E-state index in [0.717, 1.165) is 29.7 Å². The van der Waals surface area contributed by atoms with Crippen LogP contribution in [-0.4, -0.2) is 5.11 Å². The molecule has 17 heavy (non-hydrogen) atoms. The Morgan fingerprint density at radius 3 is 2.71 bits per heavy atom. The van der Waals surface area contributed by atoms with E-state index in [9.17, 15) is 5.11 Å². The van der Waals surface area contributed by atoms with Crippen molar-refractivity contribution in [2.75, 3.05) is 0 Å². The summed E-state index contributed by atoms with van der Waals surface area (Å²) in [7, 11) is 0. The predicted molar refractivity (Wildman–Crippen MR) is 70.0 cm³/mol. The van der Waals surface area contributed by atoms with Crippen molar-refractivity contribution in [1.82, 2.24) is 0 Å². The molecule has 2 bridgehead atoms. The first-order valence-electron chi connectivity index (χ1n) is 6.66. The highest BCUT2D eigenvalue weighted by Crippen LogP contribution is 2.51. The lowest BCUT2D eigenvalue weighted by Gasteiger charge is -2.24. The van der Waals surface area contributed by atoms with Crippen molar-refractivity contribution in [3.63, 3.8) is 0 Å². The smallest absolute Gasteiger partial charge is 0.0807 e. The molecule has 0 aliphatic heterocycles. The van der Waals surface area contributed by atoms with Crippen molar-refractivity contribution in [2.24, 2.45) is 17.8 Å². The quantitative estimate of drug-likeness (QED) is 0.853. The van der Waals surface area contributed by atoms with Crippen molar-refractivity contribution in [1.29, 1.82) is 0 Å². The molecule has 4 unspecified atom stereocenters. The van der Waals surface area contributed by atoms with Crippen LogP contribution in [0.3, 0.4) is 0 Å². The van der Waals surface area contributed by atoms with Crippen molar-refractivity contribution in [3.8, 4) is 0 Å². The Balaban J connectivity index is 1.68. The summed E-state index contributed by atoms with van der Waals surface area (Å²) in [5.74, 6) is 2.54. The molecule has 2 saturated carbocycles. The Morgan fingerprint density at radius 1 is 1.24 bits per heavy atom. The highest BCUT2D eigenvalue weighted by atomic mass is 35.5. The summed E-state index contributed by atoms with van der Waals surface area (Å²) in [4.78, 5) is 0. The number of benzene rings is 1. The summed E-state index contributed by atoms with van der Waals surface area (Å²) in [5, 5.41) is 11.0. The number of hydrogen-bond donors (Lipinski definition) is 1. The molecule has 0 amide bonds. The fourth-order valence-electron chi connectivity index (χ4n) is 3.82. The fourth-order valence-corrected chi connectivity index (χ4v) is 4.09. The molecule has 0 radical (unpaired) electrons. The molecule has 2 heteroatoms. The molecule has 2 aliphatic carbocycles. The summed E-state index contributed by atoms with van der Waals surface area (Å²) in [6.07, 6.45) is 6.04. The molecule has 1 N–H and O–H groups in total. The highest BCUT2D eigenvalue weighted by Gasteiger charge is 2.40. The van der Waals surface area contributed by atoms with E-state index in [4.69, 9.17) is 11.6 Å². The van der Waals surface area contributed by atoms with Gasteiger partial charge >= 0.3 is 0 Å². The Kier molecular flexibility index (Phi) is 3.14. The number of hydrogen-bond acceptors (Lipinski definition) is 1. The van der Waals surface area contributed by atoms with Crippen LogP contribution < -0.4 is 0 Å². The Hall–Kier alpha value is -0.530. The topological polar surface area (TPSA) is 20.2 Å². The Bertz CT molecular complexity index is 404. The first kappa shape index (κ1) is 11.6. The molecule has 0 heterocycles. The SMILES string of the molecule is OC(CC1CC2CCC1C2)c1ccccc1Cl. The van der Waals surface area contributed by atoms with Crippen molar-refractivity contribution in [2.45, 2.75) is 38.2 Å². The van der Waals surface area contributed by atoms with Crippen LogP contribution in [0.5, 0.6) is 0 Å². The van der Waals surface area contributed by atoms with Crippen LogP contribution in [0, 0.1) is 17.8 Å². The van der Waals surface area contributed by atoms with Crippen LogP contribution in [0.2, 0.25) is 5.02 Å². The van der Waals surface area contributed by atoms with Gasteiger partial charge in [0.15, 0.2) is 0 Å². The number of aliphatic hydroxyl groups is 1. The van der Waals surface area contributed by atoms with E-state index in [1.807, 2.05) is 24.3 Å². The zero-order valence-electron chi connectivity index (χ0n) is 9.98. The van der Waals surface area contributed by atoms with Gasteiger partial charge in [-0.15, -0.1) is 0 Å². The zero-order valence-corrected chi connectivity index (χ0v) is 10.7. The average Bonchev–Trinajstić information content (AvgIpc) is 2.91. The van der Waals surface area contributed by atoms with Crippen molar-refractivity contribution in [3.05, 3.63) is 34.9 Å². The van der Waals surface area contributed by atoms with Crippen LogP contribution in [0.25, 0.3) is 0 Å². The highest BCUT2D eigenvalue weighted by molar-refractivity contribution is 6.31. The standard InChI is InChI=1S/C15H19ClO/c16-14-4-2-1-3-13(14)15(17)9-12-8-10-5-6-11(12)7-10/h1-4,10-12,15,17H,5-9H2. The van der Waals surface area contributed by atoms with Crippen LogP contribution in [0.1, 0.15) is 43.8 Å². The molecule has 0 spiro atoms. The summed E-state index contributed by atoms with van der Waals surface area (Å²) >= 11 is 6.12. The molecule has 3 rings (SSSR count). The van der Waals surface area contributed by atoms with Gasteiger partial charge in [0.05, 0.1) is 6.10 Å². The Labute approximate surface area is 108 Å². The first-order valence-corrected chi connectivity index (χ1v) is 7.04. The largest absolute Gasteiger partial charge is 0.388 e. The minimum atomic E-state index is -0.381. The number of aliphatic hydroxyl groups excluding tert-OH is 1. The number of rotatable bonds is 3. The molecule has 0 aromatic heterocycles. The molecule has 1 aromatic rings. The molecule has 92 valence electrons. The Morgan fingerprint density at radius 2 is 2.06 bits per heavy atom. The van der Waals surface area contributed by atoms with Crippen LogP contribution in [-0.2, 0) is 0 Å². The number of fused-ring (bicyclic) bond motifs is 2. The lowest BCUT2D eigenvalue weighted by atomic mass is 9.83. The van der Waals surface area contributed by atoms with Gasteiger partial charge in [-0.05, 0) is 55.1 Å². The second-order valence-electron chi connectivity index (χ2n) is 5.71. The third-order valence-corrected chi connectivity index (χ3v) is 5.02. The van der Waals surface area contributed by atoms with Gasteiger partial charge in [0, 0.05) is 5.02 Å². The van der Waals surface area contributed by atoms with E-state index in [-0.39, 0.29) is 6.10 Å². The summed E-state index contributed by atoms with van der Waals surface area (Å²) in [5.41, 5.74) is 0.900. The van der Waals surface area contributed by atoms with E-state index in [1.54, 1.807) is 0 Å². The van der Waals surface area contributed by atoms with Crippen LogP contribution in [0.15, 0.2) is 24.3 Å². The summed E-state index contributed by atoms with van der Waals surface area (Å²) in [6, 6.07) is 7.67. The zero-order chi connectivity index (χ0) is 11.8. The van der Waals surface area contributed by atoms with Crippen LogP contribution >= 0.6 is 11.6 Å². The van der Waals surface area contributed by atoms with Gasteiger partial charge in [0.25, 0.3) is 0 Å². The molecule has 2 aliphatic rings. The van der Waals surface area contributed by atoms with Crippen molar-refractivity contribution < 1.29 is 5.11 Å². The monoisotopic (exact) mass is 250 g/mol. The maximum atomic E-state index is 10.3. The van der Waals surface area contributed by atoms with E-state index < -0.39 is 0 Å². The van der Waals surface area contributed by atoms with E-state index in [0.29, 0.717) is 5.02 Å². The first-order chi connectivity index (χ1) is 8.24. The maximum Gasteiger partial charge on any atom is 0.0807 e. The van der Waals surface area contributed by atoms with Gasteiger partial charge in [-0.3, -0.25) is 0 Å². The lowest BCUT2D eigenvalue weighted by molar-refractivity contribution is 0.125. The van der Waals surface area contributed by atoms with E-state index in [1.165, 1.54) is 25.7 Å². The van der Waals surface area contributed by atoms with Crippen molar-refractivity contribution >= 4 is 11.6 Å². The van der Waals surface area contributed by atoms with Gasteiger partial charge in [-0.2, -0.15) is 0 Å². The minimum Gasteiger partial charge on any atom is -0.388 e. The van der Waals surface area contributed by atoms with E-state index >= 15 is 0 Å². The van der Waals surface area contributed by atoms with Gasteiger partial charge in [-0.25, -0.2) is 0 Å². The third-order valence-electron chi connectivity index (χ3n) is 4.67. The average molecular weight is 251 g/mol.